The molecule has 0 saturated carbocycles. The molecule has 3 unspecified atom stereocenters. The Hall–Kier alpha value is -0.380. The lowest BCUT2D eigenvalue weighted by Crippen LogP contribution is -2.40. The van der Waals surface area contributed by atoms with Crippen LogP contribution >= 0.6 is 11.6 Å². The van der Waals surface area contributed by atoms with E-state index in [4.69, 9.17) is 11.6 Å². The van der Waals surface area contributed by atoms with Crippen LogP contribution in [0.15, 0.2) is 29.2 Å². The molecule has 2 nitrogen and oxygen atoms in total. The van der Waals surface area contributed by atoms with Crippen LogP contribution in [-0.4, -0.2) is 22.0 Å². The van der Waals surface area contributed by atoms with Crippen molar-refractivity contribution in [1.82, 2.24) is 5.32 Å². The maximum atomic E-state index is 12.5. The molecule has 102 valence electrons. The van der Waals surface area contributed by atoms with Crippen molar-refractivity contribution < 1.29 is 4.21 Å². The van der Waals surface area contributed by atoms with Crippen LogP contribution in [0.5, 0.6) is 0 Å². The lowest BCUT2D eigenvalue weighted by Gasteiger charge is -2.23. The summed E-state index contributed by atoms with van der Waals surface area (Å²) >= 11 is 6.10. The van der Waals surface area contributed by atoms with Crippen LogP contribution in [0.4, 0.5) is 0 Å². The first-order valence-corrected chi connectivity index (χ1v) is 8.09. The van der Waals surface area contributed by atoms with Crippen LogP contribution in [0.2, 0.25) is 5.02 Å². The highest BCUT2D eigenvalue weighted by atomic mass is 35.5. The highest BCUT2D eigenvalue weighted by Gasteiger charge is 2.23. The van der Waals surface area contributed by atoms with E-state index in [1.807, 2.05) is 25.1 Å². The van der Waals surface area contributed by atoms with Crippen LogP contribution in [0.25, 0.3) is 0 Å². The number of hydrogen-bond donors (Lipinski definition) is 1. The first-order valence-electron chi connectivity index (χ1n) is 6.50. The summed E-state index contributed by atoms with van der Waals surface area (Å²) in [6.07, 6.45) is 2.05. The van der Waals surface area contributed by atoms with Crippen LogP contribution in [0.1, 0.15) is 33.6 Å². The Bertz CT molecular complexity index is 397. The zero-order valence-electron chi connectivity index (χ0n) is 11.3. The molecule has 3 atom stereocenters. The summed E-state index contributed by atoms with van der Waals surface area (Å²) in [6.45, 7) is 7.24. The van der Waals surface area contributed by atoms with E-state index < -0.39 is 10.8 Å². The van der Waals surface area contributed by atoms with Gasteiger partial charge in [0.15, 0.2) is 0 Å². The molecule has 0 bridgehead atoms. The average Bonchev–Trinajstić information content (AvgIpc) is 2.39. The van der Waals surface area contributed by atoms with Crippen LogP contribution in [0, 0.1) is 0 Å². The fraction of sp³-hybridized carbons (Fsp3) is 0.571. The molecule has 18 heavy (non-hydrogen) atoms. The van der Waals surface area contributed by atoms with Crippen LogP contribution in [-0.2, 0) is 10.8 Å². The molecule has 1 aromatic rings. The van der Waals surface area contributed by atoms with Crippen molar-refractivity contribution in [2.45, 2.75) is 49.8 Å². The Morgan fingerprint density at radius 1 is 1.33 bits per heavy atom. The standard InChI is InChI=1S/C14H22ClNOS/c1-4-10-16-13(5-2)11(3)18(17)14-9-7-6-8-12(14)15/h6-9,11,13,16H,4-5,10H2,1-3H3. The van der Waals surface area contributed by atoms with Crippen molar-refractivity contribution in [1.29, 1.82) is 0 Å². The zero-order valence-corrected chi connectivity index (χ0v) is 12.9. The maximum Gasteiger partial charge on any atom is 0.0588 e. The zero-order chi connectivity index (χ0) is 13.5. The Morgan fingerprint density at radius 2 is 2.00 bits per heavy atom. The fourth-order valence-electron chi connectivity index (χ4n) is 1.93. The second kappa shape index (κ2) is 7.93. The molecule has 0 radical (unpaired) electrons. The summed E-state index contributed by atoms with van der Waals surface area (Å²) in [5.41, 5.74) is 0. The minimum atomic E-state index is -1.07. The third-order valence-electron chi connectivity index (χ3n) is 3.05. The van der Waals surface area contributed by atoms with Gasteiger partial charge in [0.1, 0.15) is 0 Å². The van der Waals surface area contributed by atoms with E-state index >= 15 is 0 Å². The number of rotatable bonds is 7. The molecule has 0 fully saturated rings. The highest BCUT2D eigenvalue weighted by Crippen LogP contribution is 2.23. The van der Waals surface area contributed by atoms with Crippen molar-refractivity contribution in [3.05, 3.63) is 29.3 Å². The van der Waals surface area contributed by atoms with Gasteiger partial charge in [-0.15, -0.1) is 0 Å². The minimum absolute atomic E-state index is 0.0569. The predicted octanol–water partition coefficient (Wildman–Crippen LogP) is 3.61. The SMILES string of the molecule is CCCNC(CC)C(C)S(=O)c1ccccc1Cl. The molecular formula is C14H22ClNOS. The van der Waals surface area contributed by atoms with Gasteiger partial charge in [0.25, 0.3) is 0 Å². The molecule has 0 aromatic heterocycles. The van der Waals surface area contributed by atoms with E-state index in [1.165, 1.54) is 0 Å². The van der Waals surface area contributed by atoms with Gasteiger partial charge in [0, 0.05) is 6.04 Å². The third kappa shape index (κ3) is 4.08. The second-order valence-corrected chi connectivity index (χ2v) is 6.59. The molecule has 0 aliphatic rings. The Morgan fingerprint density at radius 3 is 2.56 bits per heavy atom. The predicted molar refractivity (Wildman–Crippen MR) is 79.7 cm³/mol. The Kier molecular flexibility index (Phi) is 6.90. The van der Waals surface area contributed by atoms with Gasteiger partial charge in [-0.25, -0.2) is 0 Å². The smallest absolute Gasteiger partial charge is 0.0588 e. The van der Waals surface area contributed by atoms with Crippen molar-refractivity contribution >= 4 is 22.4 Å². The first-order chi connectivity index (χ1) is 8.61. The van der Waals surface area contributed by atoms with Crippen molar-refractivity contribution in [2.75, 3.05) is 6.54 Å². The molecular weight excluding hydrogens is 266 g/mol. The van der Waals surface area contributed by atoms with E-state index in [0.717, 1.165) is 24.3 Å². The number of nitrogens with one attached hydrogen (secondary N) is 1. The van der Waals surface area contributed by atoms with Crippen molar-refractivity contribution in [3.8, 4) is 0 Å². The van der Waals surface area contributed by atoms with Gasteiger partial charge in [-0.3, -0.25) is 4.21 Å². The normalized spacial score (nSPS) is 16.2. The molecule has 0 heterocycles. The van der Waals surface area contributed by atoms with Gasteiger partial charge in [0.2, 0.25) is 0 Å². The maximum absolute atomic E-state index is 12.5. The molecule has 0 aliphatic carbocycles. The van der Waals surface area contributed by atoms with E-state index in [-0.39, 0.29) is 11.3 Å². The summed E-state index contributed by atoms with van der Waals surface area (Å²) in [6, 6.07) is 7.65. The monoisotopic (exact) mass is 287 g/mol. The van der Waals surface area contributed by atoms with Gasteiger partial charge in [-0.05, 0) is 38.4 Å². The topological polar surface area (TPSA) is 29.1 Å². The van der Waals surface area contributed by atoms with Gasteiger partial charge < -0.3 is 5.32 Å². The molecule has 1 N–H and O–H groups in total. The van der Waals surface area contributed by atoms with Crippen molar-refractivity contribution in [3.63, 3.8) is 0 Å². The first kappa shape index (κ1) is 15.7. The van der Waals surface area contributed by atoms with Gasteiger partial charge >= 0.3 is 0 Å². The molecule has 0 saturated heterocycles. The third-order valence-corrected chi connectivity index (χ3v) is 5.29. The number of halogens is 1. The Labute approximate surface area is 118 Å². The number of hydrogen-bond acceptors (Lipinski definition) is 2. The summed E-state index contributed by atoms with van der Waals surface area (Å²) < 4.78 is 12.5. The van der Waals surface area contributed by atoms with Gasteiger partial charge in [0.05, 0.1) is 26.0 Å². The van der Waals surface area contributed by atoms with Gasteiger partial charge in [-0.1, -0.05) is 37.6 Å². The summed E-state index contributed by atoms with van der Waals surface area (Å²) in [7, 11) is -1.07. The van der Waals surface area contributed by atoms with Crippen LogP contribution in [0.3, 0.4) is 0 Å². The van der Waals surface area contributed by atoms with E-state index in [2.05, 4.69) is 19.2 Å². The summed E-state index contributed by atoms with van der Waals surface area (Å²) in [4.78, 5) is 0.739. The molecule has 1 rings (SSSR count). The molecule has 4 heteroatoms. The quantitative estimate of drug-likeness (QED) is 0.830. The van der Waals surface area contributed by atoms with E-state index in [9.17, 15) is 4.21 Å². The molecule has 1 aromatic carbocycles. The average molecular weight is 288 g/mol. The molecule has 0 aliphatic heterocycles. The van der Waals surface area contributed by atoms with Crippen molar-refractivity contribution in [2.24, 2.45) is 0 Å². The second-order valence-electron chi connectivity index (χ2n) is 4.40. The Balaban J connectivity index is 2.79. The lowest BCUT2D eigenvalue weighted by molar-refractivity contribution is 0.486. The van der Waals surface area contributed by atoms with Gasteiger partial charge in [-0.2, -0.15) is 0 Å². The molecule has 0 amide bonds. The van der Waals surface area contributed by atoms with Crippen LogP contribution < -0.4 is 5.32 Å². The molecule has 0 spiro atoms. The lowest BCUT2D eigenvalue weighted by atomic mass is 10.1. The van der Waals surface area contributed by atoms with E-state index in [1.54, 1.807) is 6.07 Å². The fourth-order valence-corrected chi connectivity index (χ4v) is 3.75. The largest absolute Gasteiger partial charge is 0.313 e. The van der Waals surface area contributed by atoms with E-state index in [0.29, 0.717) is 5.02 Å². The summed E-state index contributed by atoms with van der Waals surface area (Å²) in [5, 5.41) is 4.10. The number of benzene rings is 1. The highest BCUT2D eigenvalue weighted by molar-refractivity contribution is 7.85. The summed E-state index contributed by atoms with van der Waals surface area (Å²) in [5.74, 6) is 0. The minimum Gasteiger partial charge on any atom is -0.313 e.